The molecule has 1 unspecified atom stereocenters. The molecule has 2 aromatic heterocycles. The minimum Gasteiger partial charge on any atom is -0.477 e. The summed E-state index contributed by atoms with van der Waals surface area (Å²) in [6.45, 7) is 2.12. The van der Waals surface area contributed by atoms with Crippen molar-refractivity contribution in [1.29, 1.82) is 0 Å². The fraction of sp³-hybridized carbons (Fsp3) is 0.333. The third-order valence-corrected chi connectivity index (χ3v) is 3.79. The van der Waals surface area contributed by atoms with Crippen molar-refractivity contribution in [1.82, 2.24) is 9.55 Å². The van der Waals surface area contributed by atoms with Gasteiger partial charge >= 0.3 is 5.97 Å². The lowest BCUT2D eigenvalue weighted by atomic mass is 10.1. The highest BCUT2D eigenvalue weighted by molar-refractivity contribution is 7.14. The van der Waals surface area contributed by atoms with Crippen LogP contribution in [0.3, 0.4) is 0 Å². The molecule has 2 aromatic rings. The van der Waals surface area contributed by atoms with Crippen molar-refractivity contribution in [2.75, 3.05) is 0 Å². The summed E-state index contributed by atoms with van der Waals surface area (Å²) in [5, 5.41) is 8.93. The van der Waals surface area contributed by atoms with E-state index in [9.17, 15) is 4.79 Å². The minimum atomic E-state index is -0.859. The number of carbonyl (C=O) groups is 1. The molecule has 0 aliphatic rings. The summed E-state index contributed by atoms with van der Waals surface area (Å²) >= 11 is 1.34. The van der Waals surface area contributed by atoms with Gasteiger partial charge in [-0.05, 0) is 18.6 Å². The third kappa shape index (κ3) is 3.11. The van der Waals surface area contributed by atoms with Crippen LogP contribution in [0.5, 0.6) is 0 Å². The van der Waals surface area contributed by atoms with Gasteiger partial charge in [0.1, 0.15) is 4.88 Å². The number of carboxylic acids is 1. The summed E-state index contributed by atoms with van der Waals surface area (Å²) in [5.74, 6) is -0.859. The summed E-state index contributed by atoms with van der Waals surface area (Å²) < 4.78 is 2.03. The number of halogens is 1. The van der Waals surface area contributed by atoms with Gasteiger partial charge in [0.15, 0.2) is 0 Å². The molecular weight excluding hydrogens is 272 g/mol. The van der Waals surface area contributed by atoms with Gasteiger partial charge in [-0.2, -0.15) is 0 Å². The molecule has 0 amide bonds. The van der Waals surface area contributed by atoms with Gasteiger partial charge in [0, 0.05) is 17.3 Å². The van der Waals surface area contributed by atoms with E-state index in [2.05, 4.69) is 11.9 Å². The van der Waals surface area contributed by atoms with Gasteiger partial charge in [-0.25, -0.2) is 9.78 Å². The summed E-state index contributed by atoms with van der Waals surface area (Å²) in [6.07, 6.45) is 7.47. The van der Waals surface area contributed by atoms with Crippen molar-refractivity contribution in [3.8, 4) is 0 Å². The molecule has 4 nitrogen and oxygen atoms in total. The first kappa shape index (κ1) is 14.7. The Hall–Kier alpha value is -1.33. The van der Waals surface area contributed by atoms with Crippen LogP contribution in [0.2, 0.25) is 0 Å². The Morgan fingerprint density at radius 2 is 2.33 bits per heavy atom. The van der Waals surface area contributed by atoms with Crippen LogP contribution < -0.4 is 0 Å². The maximum absolute atomic E-state index is 10.9. The average molecular weight is 287 g/mol. The molecular formula is C12H15ClN2O2S. The number of rotatable bonds is 5. The second-order valence-electron chi connectivity index (χ2n) is 3.82. The lowest BCUT2D eigenvalue weighted by Gasteiger charge is -2.15. The SMILES string of the molecule is CCCC(c1ccc(C(=O)O)s1)n1ccnc1.Cl. The van der Waals surface area contributed by atoms with Crippen LogP contribution in [0.4, 0.5) is 0 Å². The Morgan fingerprint density at radius 3 is 2.83 bits per heavy atom. The molecule has 0 radical (unpaired) electrons. The number of imidazole rings is 1. The van der Waals surface area contributed by atoms with Crippen LogP contribution in [0.1, 0.15) is 40.4 Å². The molecule has 0 spiro atoms. The number of hydrogen-bond acceptors (Lipinski definition) is 3. The van der Waals surface area contributed by atoms with E-state index in [-0.39, 0.29) is 18.4 Å². The largest absolute Gasteiger partial charge is 0.477 e. The molecule has 98 valence electrons. The van der Waals surface area contributed by atoms with Crippen molar-refractivity contribution in [2.45, 2.75) is 25.8 Å². The van der Waals surface area contributed by atoms with Gasteiger partial charge in [-0.3, -0.25) is 0 Å². The molecule has 2 heterocycles. The number of nitrogens with zero attached hydrogens (tertiary/aromatic N) is 2. The van der Waals surface area contributed by atoms with Gasteiger partial charge in [-0.15, -0.1) is 23.7 Å². The van der Waals surface area contributed by atoms with Crippen LogP contribution in [-0.4, -0.2) is 20.6 Å². The zero-order valence-corrected chi connectivity index (χ0v) is 11.6. The number of aromatic nitrogens is 2. The smallest absolute Gasteiger partial charge is 0.345 e. The lowest BCUT2D eigenvalue weighted by Crippen LogP contribution is -2.06. The normalized spacial score (nSPS) is 11.8. The van der Waals surface area contributed by atoms with Crippen molar-refractivity contribution >= 4 is 29.7 Å². The number of hydrogen-bond donors (Lipinski definition) is 1. The van der Waals surface area contributed by atoms with Gasteiger partial charge in [0.05, 0.1) is 12.4 Å². The van der Waals surface area contributed by atoms with E-state index >= 15 is 0 Å². The van der Waals surface area contributed by atoms with E-state index in [0.29, 0.717) is 4.88 Å². The van der Waals surface area contributed by atoms with Gasteiger partial charge in [0.25, 0.3) is 0 Å². The van der Waals surface area contributed by atoms with Crippen molar-refractivity contribution in [2.24, 2.45) is 0 Å². The molecule has 0 saturated heterocycles. The van der Waals surface area contributed by atoms with Crippen LogP contribution in [0, 0.1) is 0 Å². The lowest BCUT2D eigenvalue weighted by molar-refractivity contribution is 0.0702. The standard InChI is InChI=1S/C12H14N2O2S.ClH/c1-2-3-9(14-7-6-13-8-14)10-4-5-11(17-10)12(15)16;/h4-9H,2-3H2,1H3,(H,15,16);1H. The maximum Gasteiger partial charge on any atom is 0.345 e. The molecule has 1 N–H and O–H groups in total. The quantitative estimate of drug-likeness (QED) is 0.916. The zero-order valence-electron chi connectivity index (χ0n) is 9.94. The second kappa shape index (κ2) is 6.56. The summed E-state index contributed by atoms with van der Waals surface area (Å²) in [5.41, 5.74) is 0. The van der Waals surface area contributed by atoms with Crippen LogP contribution in [0.25, 0.3) is 0 Å². The van der Waals surface area contributed by atoms with Gasteiger partial charge < -0.3 is 9.67 Å². The molecule has 0 aliphatic carbocycles. The third-order valence-electron chi connectivity index (χ3n) is 2.61. The van der Waals surface area contributed by atoms with E-state index in [1.807, 2.05) is 16.8 Å². The first-order valence-electron chi connectivity index (χ1n) is 5.53. The zero-order chi connectivity index (χ0) is 12.3. The van der Waals surface area contributed by atoms with Crippen LogP contribution in [-0.2, 0) is 0 Å². The molecule has 0 aliphatic heterocycles. The van der Waals surface area contributed by atoms with E-state index in [1.165, 1.54) is 11.3 Å². The predicted octanol–water partition coefficient (Wildman–Crippen LogP) is 3.45. The molecule has 0 bridgehead atoms. The summed E-state index contributed by atoms with van der Waals surface area (Å²) in [6, 6.07) is 3.76. The van der Waals surface area contributed by atoms with Crippen molar-refractivity contribution < 1.29 is 9.90 Å². The highest BCUT2D eigenvalue weighted by Crippen LogP contribution is 2.29. The summed E-state index contributed by atoms with van der Waals surface area (Å²) in [4.78, 5) is 16.4. The number of aromatic carboxylic acids is 1. The Balaban J connectivity index is 0.00000162. The monoisotopic (exact) mass is 286 g/mol. The molecule has 18 heavy (non-hydrogen) atoms. The Kier molecular flexibility index (Phi) is 5.37. The average Bonchev–Trinajstić information content (AvgIpc) is 2.97. The van der Waals surface area contributed by atoms with Gasteiger partial charge in [0.2, 0.25) is 0 Å². The fourth-order valence-corrected chi connectivity index (χ4v) is 2.80. The highest BCUT2D eigenvalue weighted by atomic mass is 35.5. The maximum atomic E-state index is 10.9. The molecule has 6 heteroatoms. The second-order valence-corrected chi connectivity index (χ2v) is 4.94. The molecule has 0 aromatic carbocycles. The van der Waals surface area contributed by atoms with Crippen LogP contribution >= 0.6 is 23.7 Å². The van der Waals surface area contributed by atoms with E-state index in [1.54, 1.807) is 18.6 Å². The fourth-order valence-electron chi connectivity index (χ4n) is 1.81. The Labute approximate surface area is 116 Å². The first-order valence-corrected chi connectivity index (χ1v) is 6.34. The van der Waals surface area contributed by atoms with E-state index in [0.717, 1.165) is 17.7 Å². The van der Waals surface area contributed by atoms with E-state index < -0.39 is 5.97 Å². The number of thiophene rings is 1. The molecule has 2 rings (SSSR count). The molecule has 1 atom stereocenters. The van der Waals surface area contributed by atoms with Crippen molar-refractivity contribution in [3.05, 3.63) is 40.6 Å². The Bertz CT molecular complexity index is 496. The van der Waals surface area contributed by atoms with Crippen molar-refractivity contribution in [3.63, 3.8) is 0 Å². The summed E-state index contributed by atoms with van der Waals surface area (Å²) in [7, 11) is 0. The number of carboxylic acid groups (broad SMARTS) is 1. The Morgan fingerprint density at radius 1 is 1.56 bits per heavy atom. The minimum absolute atomic E-state index is 0. The predicted molar refractivity (Wildman–Crippen MR) is 73.8 cm³/mol. The first-order chi connectivity index (χ1) is 8.22. The van der Waals surface area contributed by atoms with E-state index in [4.69, 9.17) is 5.11 Å². The van der Waals surface area contributed by atoms with Gasteiger partial charge in [-0.1, -0.05) is 13.3 Å². The molecule has 0 fully saturated rings. The highest BCUT2D eigenvalue weighted by Gasteiger charge is 2.16. The van der Waals surface area contributed by atoms with Crippen LogP contribution in [0.15, 0.2) is 30.9 Å². The molecule has 0 saturated carbocycles. The topological polar surface area (TPSA) is 55.1 Å².